The van der Waals surface area contributed by atoms with Crippen molar-refractivity contribution in [2.24, 2.45) is 0 Å². The predicted molar refractivity (Wildman–Crippen MR) is 61.3 cm³/mol. The molecule has 2 aromatic rings. The van der Waals surface area contributed by atoms with Crippen LogP contribution in [0.25, 0.3) is 11.1 Å². The van der Waals surface area contributed by atoms with Crippen LogP contribution in [0.4, 0.5) is 5.82 Å². The van der Waals surface area contributed by atoms with Crippen LogP contribution in [0, 0.1) is 10.1 Å². The molecule has 0 unspecified atom stereocenters. The van der Waals surface area contributed by atoms with E-state index in [0.29, 0.717) is 5.56 Å². The van der Waals surface area contributed by atoms with E-state index in [0.717, 1.165) is 5.56 Å². The number of nitro groups is 1. The van der Waals surface area contributed by atoms with Gasteiger partial charge in [-0.25, -0.2) is 0 Å². The van der Waals surface area contributed by atoms with E-state index in [2.05, 4.69) is 4.98 Å². The fourth-order valence-electron chi connectivity index (χ4n) is 1.40. The number of halogens is 1. The highest BCUT2D eigenvalue weighted by Crippen LogP contribution is 2.32. The van der Waals surface area contributed by atoms with Crippen molar-refractivity contribution in [1.29, 1.82) is 0 Å². The van der Waals surface area contributed by atoms with Gasteiger partial charge >= 0.3 is 5.82 Å². The number of hydrogen-bond donors (Lipinski definition) is 0. The summed E-state index contributed by atoms with van der Waals surface area (Å²) in [4.78, 5) is 13.7. The maximum absolute atomic E-state index is 10.7. The zero-order valence-corrected chi connectivity index (χ0v) is 8.89. The lowest BCUT2D eigenvalue weighted by Crippen LogP contribution is -1.94. The molecule has 0 atom stereocenters. The number of nitrogens with zero attached hydrogens (tertiary/aromatic N) is 2. The molecule has 0 spiro atoms. The molecule has 0 amide bonds. The molecule has 1 aromatic carbocycles. The highest BCUT2D eigenvalue weighted by Gasteiger charge is 2.17. The number of hydrogen-bond acceptors (Lipinski definition) is 3. The van der Waals surface area contributed by atoms with Crippen LogP contribution in [-0.2, 0) is 0 Å². The standard InChI is InChI=1S/C11H7ClN2O2/c12-10-9(8-4-2-1-3-5-8)6-7-13-11(10)14(15)16/h1-7H. The van der Waals surface area contributed by atoms with Gasteiger partial charge in [-0.15, -0.1) is 0 Å². The molecule has 0 bridgehead atoms. The molecule has 5 heteroatoms. The Balaban J connectivity index is 2.59. The second-order valence-corrected chi connectivity index (χ2v) is 3.50. The van der Waals surface area contributed by atoms with Gasteiger partial charge < -0.3 is 10.1 Å². The van der Waals surface area contributed by atoms with Crippen LogP contribution in [0.3, 0.4) is 0 Å². The third-order valence-corrected chi connectivity index (χ3v) is 2.50. The Labute approximate surface area is 96.7 Å². The molecule has 2 rings (SSSR count). The topological polar surface area (TPSA) is 56.0 Å². The van der Waals surface area contributed by atoms with Crippen molar-refractivity contribution in [3.63, 3.8) is 0 Å². The van der Waals surface area contributed by atoms with E-state index in [-0.39, 0.29) is 10.8 Å². The van der Waals surface area contributed by atoms with Crippen molar-refractivity contribution in [2.75, 3.05) is 0 Å². The zero-order chi connectivity index (χ0) is 11.5. The van der Waals surface area contributed by atoms with Crippen molar-refractivity contribution in [3.8, 4) is 11.1 Å². The van der Waals surface area contributed by atoms with E-state index in [1.165, 1.54) is 6.20 Å². The molecule has 0 aliphatic heterocycles. The summed E-state index contributed by atoms with van der Waals surface area (Å²) in [6, 6.07) is 10.9. The highest BCUT2D eigenvalue weighted by molar-refractivity contribution is 6.35. The second kappa shape index (κ2) is 4.28. The summed E-state index contributed by atoms with van der Waals surface area (Å²) < 4.78 is 0. The van der Waals surface area contributed by atoms with Crippen molar-refractivity contribution in [1.82, 2.24) is 4.98 Å². The van der Waals surface area contributed by atoms with Crippen molar-refractivity contribution >= 4 is 17.4 Å². The molecule has 0 N–H and O–H groups in total. The Morgan fingerprint density at radius 1 is 1.19 bits per heavy atom. The normalized spacial score (nSPS) is 10.1. The number of rotatable bonds is 2. The van der Waals surface area contributed by atoms with Gasteiger partial charge in [0.1, 0.15) is 11.2 Å². The Hall–Kier alpha value is -1.94. The molecule has 16 heavy (non-hydrogen) atoms. The van der Waals surface area contributed by atoms with E-state index in [4.69, 9.17) is 11.6 Å². The third kappa shape index (κ3) is 1.87. The van der Waals surface area contributed by atoms with E-state index in [1.54, 1.807) is 6.07 Å². The van der Waals surface area contributed by atoms with Crippen LogP contribution in [0.1, 0.15) is 0 Å². The average Bonchev–Trinajstić information content (AvgIpc) is 2.30. The van der Waals surface area contributed by atoms with Crippen LogP contribution < -0.4 is 0 Å². The molecule has 80 valence electrons. The Morgan fingerprint density at radius 3 is 2.50 bits per heavy atom. The summed E-state index contributed by atoms with van der Waals surface area (Å²) in [5.74, 6) is -0.317. The number of pyridine rings is 1. The third-order valence-electron chi connectivity index (χ3n) is 2.13. The van der Waals surface area contributed by atoms with Crippen LogP contribution >= 0.6 is 11.6 Å². The van der Waals surface area contributed by atoms with Gasteiger partial charge in [0, 0.05) is 5.56 Å². The zero-order valence-electron chi connectivity index (χ0n) is 8.13. The summed E-state index contributed by atoms with van der Waals surface area (Å²) in [7, 11) is 0. The summed E-state index contributed by atoms with van der Waals surface area (Å²) in [5, 5.41) is 10.7. The van der Waals surface area contributed by atoms with Gasteiger partial charge in [-0.05, 0) is 21.5 Å². The first-order valence-corrected chi connectivity index (χ1v) is 4.92. The second-order valence-electron chi connectivity index (χ2n) is 3.12. The van der Waals surface area contributed by atoms with Crippen LogP contribution in [-0.4, -0.2) is 9.91 Å². The molecule has 0 fully saturated rings. The molecule has 0 aliphatic rings. The molecule has 0 saturated carbocycles. The maximum Gasteiger partial charge on any atom is 0.382 e. The minimum absolute atomic E-state index is 0.0682. The molecule has 0 aliphatic carbocycles. The van der Waals surface area contributed by atoms with E-state index < -0.39 is 4.92 Å². The van der Waals surface area contributed by atoms with E-state index in [1.807, 2.05) is 30.3 Å². The summed E-state index contributed by atoms with van der Waals surface area (Å²) >= 11 is 5.93. The fourth-order valence-corrected chi connectivity index (χ4v) is 1.69. The monoisotopic (exact) mass is 234 g/mol. The Kier molecular flexibility index (Phi) is 2.83. The van der Waals surface area contributed by atoms with Gasteiger partial charge in [-0.3, -0.25) is 0 Å². The van der Waals surface area contributed by atoms with Crippen LogP contribution in [0.15, 0.2) is 42.6 Å². The lowest BCUT2D eigenvalue weighted by Gasteiger charge is -2.03. The summed E-state index contributed by atoms with van der Waals surface area (Å²) in [6.07, 6.45) is 1.38. The fraction of sp³-hybridized carbons (Fsp3) is 0. The van der Waals surface area contributed by atoms with Gasteiger partial charge in [0.15, 0.2) is 0 Å². The van der Waals surface area contributed by atoms with Gasteiger partial charge in [-0.1, -0.05) is 41.9 Å². The molecule has 1 aromatic heterocycles. The molecule has 0 saturated heterocycles. The van der Waals surface area contributed by atoms with E-state index in [9.17, 15) is 10.1 Å². The molecule has 1 heterocycles. The number of aromatic nitrogens is 1. The van der Waals surface area contributed by atoms with Gasteiger partial charge in [-0.2, -0.15) is 0 Å². The lowest BCUT2D eigenvalue weighted by atomic mass is 10.1. The Morgan fingerprint density at radius 2 is 1.88 bits per heavy atom. The quantitative estimate of drug-likeness (QED) is 0.592. The van der Waals surface area contributed by atoms with Gasteiger partial charge in [0.2, 0.25) is 0 Å². The molecule has 0 radical (unpaired) electrons. The molecule has 4 nitrogen and oxygen atoms in total. The maximum atomic E-state index is 10.7. The summed E-state index contributed by atoms with van der Waals surface area (Å²) in [6.45, 7) is 0. The predicted octanol–water partition coefficient (Wildman–Crippen LogP) is 3.31. The first-order chi connectivity index (χ1) is 7.70. The smallest absolute Gasteiger partial charge is 0.358 e. The van der Waals surface area contributed by atoms with Crippen molar-refractivity contribution in [3.05, 3.63) is 57.7 Å². The van der Waals surface area contributed by atoms with Crippen molar-refractivity contribution in [2.45, 2.75) is 0 Å². The number of benzene rings is 1. The molecular weight excluding hydrogens is 228 g/mol. The minimum atomic E-state index is -0.589. The average molecular weight is 235 g/mol. The summed E-state index contributed by atoms with van der Waals surface area (Å²) in [5.41, 5.74) is 1.45. The van der Waals surface area contributed by atoms with Gasteiger partial charge in [0.05, 0.1) is 0 Å². The van der Waals surface area contributed by atoms with Gasteiger partial charge in [0.25, 0.3) is 0 Å². The molecular formula is C11H7ClN2O2. The van der Waals surface area contributed by atoms with Crippen LogP contribution in [0.5, 0.6) is 0 Å². The van der Waals surface area contributed by atoms with E-state index >= 15 is 0 Å². The largest absolute Gasteiger partial charge is 0.382 e. The Bertz CT molecular complexity index is 529. The van der Waals surface area contributed by atoms with Crippen LogP contribution in [0.2, 0.25) is 5.02 Å². The lowest BCUT2D eigenvalue weighted by molar-refractivity contribution is -0.389. The highest BCUT2D eigenvalue weighted by atomic mass is 35.5. The van der Waals surface area contributed by atoms with Crippen molar-refractivity contribution < 1.29 is 4.92 Å². The first kappa shape index (κ1) is 10.6. The minimum Gasteiger partial charge on any atom is -0.358 e. The first-order valence-electron chi connectivity index (χ1n) is 4.54. The SMILES string of the molecule is O=[N+]([O-])c1nccc(-c2ccccc2)c1Cl.